The third-order valence-corrected chi connectivity index (χ3v) is 6.65. The van der Waals surface area contributed by atoms with E-state index in [1.165, 1.54) is 12.1 Å². The lowest BCUT2D eigenvalue weighted by Crippen LogP contribution is -2.29. The molecule has 0 bridgehead atoms. The zero-order valence-electron chi connectivity index (χ0n) is 14.7. The SMILES string of the molecule is CCn1c(SCC(C)C)nnc1[C@@H](C)NS(=O)(=O)c1ccc(Cl)cc1. The van der Waals surface area contributed by atoms with E-state index in [0.717, 1.165) is 10.9 Å². The topological polar surface area (TPSA) is 76.9 Å². The maximum Gasteiger partial charge on any atom is 0.241 e. The molecule has 1 aromatic carbocycles. The summed E-state index contributed by atoms with van der Waals surface area (Å²) in [4.78, 5) is 0.167. The molecule has 0 amide bonds. The summed E-state index contributed by atoms with van der Waals surface area (Å²) in [5, 5.41) is 9.72. The maximum absolute atomic E-state index is 12.5. The Morgan fingerprint density at radius 2 is 1.84 bits per heavy atom. The first-order valence-electron chi connectivity index (χ1n) is 8.08. The van der Waals surface area contributed by atoms with E-state index < -0.39 is 16.1 Å². The van der Waals surface area contributed by atoms with Gasteiger partial charge in [-0.25, -0.2) is 13.1 Å². The molecule has 0 radical (unpaired) electrons. The highest BCUT2D eigenvalue weighted by Gasteiger charge is 2.23. The lowest BCUT2D eigenvalue weighted by molar-refractivity contribution is 0.539. The average Bonchev–Trinajstić information content (AvgIpc) is 2.96. The van der Waals surface area contributed by atoms with Gasteiger partial charge in [-0.15, -0.1) is 10.2 Å². The first-order valence-corrected chi connectivity index (χ1v) is 10.9. The second kappa shape index (κ2) is 8.53. The lowest BCUT2D eigenvalue weighted by atomic mass is 10.3. The van der Waals surface area contributed by atoms with Gasteiger partial charge >= 0.3 is 0 Å². The molecule has 0 aliphatic heterocycles. The molecule has 0 unspecified atom stereocenters. The zero-order valence-corrected chi connectivity index (χ0v) is 17.1. The van der Waals surface area contributed by atoms with Crippen LogP contribution in [-0.2, 0) is 16.6 Å². The molecule has 9 heteroatoms. The number of nitrogens with one attached hydrogen (secondary N) is 1. The highest BCUT2D eigenvalue weighted by molar-refractivity contribution is 7.99. The standard InChI is InChI=1S/C16H23ClN4O2S2/c1-5-21-15(18-19-16(21)24-10-11(2)3)12(4)20-25(22,23)14-8-6-13(17)7-9-14/h6-9,11-12,20H,5,10H2,1-4H3/t12-/m1/s1. The van der Waals surface area contributed by atoms with Crippen molar-refractivity contribution in [2.75, 3.05) is 5.75 Å². The van der Waals surface area contributed by atoms with Gasteiger partial charge in [0.15, 0.2) is 11.0 Å². The van der Waals surface area contributed by atoms with Crippen molar-refractivity contribution >= 4 is 33.4 Å². The fourth-order valence-corrected chi connectivity index (χ4v) is 4.52. The Balaban J connectivity index is 2.20. The van der Waals surface area contributed by atoms with E-state index in [-0.39, 0.29) is 4.90 Å². The smallest absolute Gasteiger partial charge is 0.241 e. The number of thioether (sulfide) groups is 1. The van der Waals surface area contributed by atoms with Gasteiger partial charge in [0.1, 0.15) is 0 Å². The second-order valence-electron chi connectivity index (χ2n) is 6.09. The highest BCUT2D eigenvalue weighted by atomic mass is 35.5. The molecular formula is C16H23ClN4O2S2. The number of nitrogens with zero attached hydrogens (tertiary/aromatic N) is 3. The van der Waals surface area contributed by atoms with Crippen LogP contribution in [-0.4, -0.2) is 28.9 Å². The number of hydrogen-bond acceptors (Lipinski definition) is 5. The Kier molecular flexibility index (Phi) is 6.90. The first kappa shape index (κ1) is 20.2. The van der Waals surface area contributed by atoms with Crippen molar-refractivity contribution in [3.05, 3.63) is 35.1 Å². The summed E-state index contributed by atoms with van der Waals surface area (Å²) in [6, 6.07) is 5.56. The number of halogens is 1. The third kappa shape index (κ3) is 5.20. The van der Waals surface area contributed by atoms with Gasteiger partial charge in [0.25, 0.3) is 0 Å². The molecule has 6 nitrogen and oxygen atoms in total. The van der Waals surface area contributed by atoms with E-state index in [4.69, 9.17) is 11.6 Å². The quantitative estimate of drug-likeness (QED) is 0.680. The Morgan fingerprint density at radius 3 is 2.40 bits per heavy atom. The van der Waals surface area contributed by atoms with E-state index in [2.05, 4.69) is 28.8 Å². The van der Waals surface area contributed by atoms with Gasteiger partial charge in [-0.1, -0.05) is 37.2 Å². The van der Waals surface area contributed by atoms with E-state index >= 15 is 0 Å². The molecule has 1 N–H and O–H groups in total. The van der Waals surface area contributed by atoms with Crippen LogP contribution in [0.4, 0.5) is 0 Å². The first-order chi connectivity index (χ1) is 11.7. The minimum absolute atomic E-state index is 0.167. The summed E-state index contributed by atoms with van der Waals surface area (Å²) in [5.74, 6) is 2.07. The van der Waals surface area contributed by atoms with E-state index in [1.54, 1.807) is 30.8 Å². The predicted octanol–water partition coefficient (Wildman–Crippen LogP) is 3.74. The minimum Gasteiger partial charge on any atom is -0.305 e. The third-order valence-electron chi connectivity index (χ3n) is 3.45. The van der Waals surface area contributed by atoms with Crippen LogP contribution in [0.25, 0.3) is 0 Å². The van der Waals surface area contributed by atoms with Crippen LogP contribution in [0, 0.1) is 5.92 Å². The maximum atomic E-state index is 12.5. The Labute approximate surface area is 158 Å². The number of hydrogen-bond donors (Lipinski definition) is 1. The second-order valence-corrected chi connectivity index (χ2v) is 9.22. The summed E-state index contributed by atoms with van der Waals surface area (Å²) in [7, 11) is -3.66. The molecule has 138 valence electrons. The van der Waals surface area contributed by atoms with E-state index in [9.17, 15) is 8.42 Å². The van der Waals surface area contributed by atoms with Crippen LogP contribution in [0.5, 0.6) is 0 Å². The largest absolute Gasteiger partial charge is 0.305 e. The molecular weight excluding hydrogens is 380 g/mol. The molecule has 0 spiro atoms. The summed E-state index contributed by atoms with van der Waals surface area (Å²) in [6.45, 7) is 8.72. The molecule has 1 atom stereocenters. The van der Waals surface area contributed by atoms with Crippen LogP contribution in [0.1, 0.15) is 39.6 Å². The summed E-state index contributed by atoms with van der Waals surface area (Å²) < 4.78 is 29.7. The number of sulfonamides is 1. The highest BCUT2D eigenvalue weighted by Crippen LogP contribution is 2.23. The molecule has 0 saturated carbocycles. The van der Waals surface area contributed by atoms with Gasteiger partial charge in [0.2, 0.25) is 10.0 Å². The number of benzene rings is 1. The fourth-order valence-electron chi connectivity index (χ4n) is 2.23. The van der Waals surface area contributed by atoms with E-state index in [1.807, 2.05) is 11.5 Å². The molecule has 2 rings (SSSR count). The summed E-state index contributed by atoms with van der Waals surface area (Å²) >= 11 is 7.45. The van der Waals surface area contributed by atoms with Crippen LogP contribution in [0.3, 0.4) is 0 Å². The van der Waals surface area contributed by atoms with Gasteiger partial charge in [-0.05, 0) is 44.0 Å². The zero-order chi connectivity index (χ0) is 18.6. The monoisotopic (exact) mass is 402 g/mol. The number of rotatable bonds is 8. The Hall–Kier alpha value is -1.09. The van der Waals surface area contributed by atoms with Crippen molar-refractivity contribution in [2.24, 2.45) is 5.92 Å². The van der Waals surface area contributed by atoms with Gasteiger partial charge in [0.05, 0.1) is 10.9 Å². The lowest BCUT2D eigenvalue weighted by Gasteiger charge is -2.15. The molecule has 0 aliphatic carbocycles. The Bertz CT molecular complexity index is 804. The molecule has 1 heterocycles. The van der Waals surface area contributed by atoms with Gasteiger partial charge in [-0.2, -0.15) is 0 Å². The fraction of sp³-hybridized carbons (Fsp3) is 0.500. The van der Waals surface area contributed by atoms with Crippen LogP contribution in [0.2, 0.25) is 5.02 Å². The normalized spacial score (nSPS) is 13.4. The van der Waals surface area contributed by atoms with Crippen molar-refractivity contribution in [1.82, 2.24) is 19.5 Å². The van der Waals surface area contributed by atoms with Crippen molar-refractivity contribution in [1.29, 1.82) is 0 Å². The average molecular weight is 403 g/mol. The molecule has 1 aromatic heterocycles. The van der Waals surface area contributed by atoms with Crippen LogP contribution >= 0.6 is 23.4 Å². The van der Waals surface area contributed by atoms with Gasteiger partial charge in [0, 0.05) is 17.3 Å². The Morgan fingerprint density at radius 1 is 1.20 bits per heavy atom. The van der Waals surface area contributed by atoms with Crippen molar-refractivity contribution < 1.29 is 8.42 Å². The molecule has 0 aliphatic rings. The molecule has 0 fully saturated rings. The van der Waals surface area contributed by atoms with Crippen LogP contribution < -0.4 is 4.72 Å². The minimum atomic E-state index is -3.66. The molecule has 2 aromatic rings. The van der Waals surface area contributed by atoms with E-state index in [0.29, 0.717) is 23.3 Å². The summed E-state index contributed by atoms with van der Waals surface area (Å²) in [6.07, 6.45) is 0. The summed E-state index contributed by atoms with van der Waals surface area (Å²) in [5.41, 5.74) is 0. The number of aromatic nitrogens is 3. The van der Waals surface area contributed by atoms with Gasteiger partial charge in [-0.3, -0.25) is 0 Å². The van der Waals surface area contributed by atoms with Gasteiger partial charge < -0.3 is 4.57 Å². The molecule has 0 saturated heterocycles. The predicted molar refractivity (Wildman–Crippen MR) is 101 cm³/mol. The van der Waals surface area contributed by atoms with Crippen molar-refractivity contribution in [3.8, 4) is 0 Å². The van der Waals surface area contributed by atoms with Crippen molar-refractivity contribution in [3.63, 3.8) is 0 Å². The van der Waals surface area contributed by atoms with Crippen molar-refractivity contribution in [2.45, 2.75) is 50.3 Å². The van der Waals surface area contributed by atoms with Crippen LogP contribution in [0.15, 0.2) is 34.3 Å². The molecule has 25 heavy (non-hydrogen) atoms.